The second kappa shape index (κ2) is 4.77. The fourth-order valence-electron chi connectivity index (χ4n) is 3.53. The van der Waals surface area contributed by atoms with Crippen LogP contribution in [0.1, 0.15) is 44.3 Å². The lowest BCUT2D eigenvalue weighted by Gasteiger charge is -2.19. The standard InChI is InChI=1S/C13H21N3O/c1-2-14-8-12-15-13(17-16-12)7-11-6-9-3-4-10(11)5-9/h9-11,14H,2-8H2,1H3. The van der Waals surface area contributed by atoms with Crippen LogP contribution in [0.2, 0.25) is 0 Å². The summed E-state index contributed by atoms with van der Waals surface area (Å²) < 4.78 is 5.33. The fourth-order valence-corrected chi connectivity index (χ4v) is 3.53. The zero-order valence-electron chi connectivity index (χ0n) is 10.5. The van der Waals surface area contributed by atoms with E-state index in [9.17, 15) is 0 Å². The molecular weight excluding hydrogens is 214 g/mol. The van der Waals surface area contributed by atoms with E-state index >= 15 is 0 Å². The molecule has 17 heavy (non-hydrogen) atoms. The maximum absolute atomic E-state index is 5.33. The summed E-state index contributed by atoms with van der Waals surface area (Å²) in [4.78, 5) is 4.45. The minimum absolute atomic E-state index is 0.719. The molecule has 1 N–H and O–H groups in total. The normalized spacial score (nSPS) is 31.2. The first kappa shape index (κ1) is 11.2. The number of rotatable bonds is 5. The maximum Gasteiger partial charge on any atom is 0.226 e. The van der Waals surface area contributed by atoms with Crippen molar-refractivity contribution >= 4 is 0 Å². The van der Waals surface area contributed by atoms with Crippen molar-refractivity contribution in [1.82, 2.24) is 15.5 Å². The Morgan fingerprint density at radius 2 is 2.29 bits per heavy atom. The van der Waals surface area contributed by atoms with Crippen LogP contribution in [0.25, 0.3) is 0 Å². The van der Waals surface area contributed by atoms with E-state index < -0.39 is 0 Å². The van der Waals surface area contributed by atoms with Crippen molar-refractivity contribution in [2.75, 3.05) is 6.54 Å². The molecule has 0 aromatic carbocycles. The molecule has 1 aromatic rings. The molecular formula is C13H21N3O. The highest BCUT2D eigenvalue weighted by Crippen LogP contribution is 2.49. The van der Waals surface area contributed by atoms with E-state index in [0.29, 0.717) is 0 Å². The summed E-state index contributed by atoms with van der Waals surface area (Å²) in [5, 5.41) is 7.22. The van der Waals surface area contributed by atoms with E-state index in [0.717, 1.165) is 49.0 Å². The van der Waals surface area contributed by atoms with Gasteiger partial charge in [0.2, 0.25) is 5.89 Å². The molecule has 1 heterocycles. The summed E-state index contributed by atoms with van der Waals surface area (Å²) in [7, 11) is 0. The van der Waals surface area contributed by atoms with Gasteiger partial charge in [-0.05, 0) is 43.6 Å². The molecule has 0 spiro atoms. The van der Waals surface area contributed by atoms with Gasteiger partial charge in [0.05, 0.1) is 6.54 Å². The van der Waals surface area contributed by atoms with Crippen molar-refractivity contribution in [3.63, 3.8) is 0 Å². The third-order valence-corrected chi connectivity index (χ3v) is 4.36. The third kappa shape index (κ3) is 2.37. The Balaban J connectivity index is 1.56. The van der Waals surface area contributed by atoms with Crippen LogP contribution in [0.3, 0.4) is 0 Å². The molecule has 0 amide bonds. The second-order valence-electron chi connectivity index (χ2n) is 5.52. The van der Waals surface area contributed by atoms with Crippen LogP contribution in [0, 0.1) is 17.8 Å². The number of hydrogen-bond donors (Lipinski definition) is 1. The van der Waals surface area contributed by atoms with Gasteiger partial charge >= 0.3 is 0 Å². The summed E-state index contributed by atoms with van der Waals surface area (Å²) in [5.41, 5.74) is 0. The summed E-state index contributed by atoms with van der Waals surface area (Å²) in [6.07, 6.45) is 6.71. The van der Waals surface area contributed by atoms with Crippen LogP contribution < -0.4 is 5.32 Å². The summed E-state index contributed by atoms with van der Waals surface area (Å²) in [6, 6.07) is 0. The van der Waals surface area contributed by atoms with Crippen molar-refractivity contribution in [2.45, 2.75) is 45.6 Å². The number of aromatic nitrogens is 2. The molecule has 0 saturated heterocycles. The van der Waals surface area contributed by atoms with Crippen LogP contribution in [0.15, 0.2) is 4.52 Å². The van der Waals surface area contributed by atoms with Crippen LogP contribution >= 0.6 is 0 Å². The topological polar surface area (TPSA) is 51.0 Å². The largest absolute Gasteiger partial charge is 0.339 e. The van der Waals surface area contributed by atoms with Crippen molar-refractivity contribution in [2.24, 2.45) is 17.8 Å². The van der Waals surface area contributed by atoms with Crippen molar-refractivity contribution in [3.8, 4) is 0 Å². The van der Waals surface area contributed by atoms with E-state index in [1.54, 1.807) is 0 Å². The zero-order valence-corrected chi connectivity index (χ0v) is 10.5. The van der Waals surface area contributed by atoms with Crippen molar-refractivity contribution in [3.05, 3.63) is 11.7 Å². The van der Waals surface area contributed by atoms with Crippen LogP contribution in [0.4, 0.5) is 0 Å². The minimum atomic E-state index is 0.719. The highest BCUT2D eigenvalue weighted by molar-refractivity contribution is 4.95. The highest BCUT2D eigenvalue weighted by atomic mass is 16.5. The van der Waals surface area contributed by atoms with Gasteiger partial charge in [0.1, 0.15) is 0 Å². The molecule has 94 valence electrons. The Hall–Kier alpha value is -0.900. The molecule has 3 rings (SSSR count). The summed E-state index contributed by atoms with van der Waals surface area (Å²) >= 11 is 0. The quantitative estimate of drug-likeness (QED) is 0.849. The molecule has 2 saturated carbocycles. The van der Waals surface area contributed by atoms with Gasteiger partial charge in [-0.25, -0.2) is 0 Å². The van der Waals surface area contributed by atoms with Crippen LogP contribution in [-0.4, -0.2) is 16.7 Å². The third-order valence-electron chi connectivity index (χ3n) is 4.36. The Morgan fingerprint density at radius 3 is 3.00 bits per heavy atom. The molecule has 3 atom stereocenters. The molecule has 1 aromatic heterocycles. The van der Waals surface area contributed by atoms with Gasteiger partial charge < -0.3 is 9.84 Å². The Bertz CT molecular complexity index is 376. The lowest BCUT2D eigenvalue weighted by Crippen LogP contribution is -2.14. The Kier molecular flexibility index (Phi) is 3.14. The van der Waals surface area contributed by atoms with Crippen molar-refractivity contribution < 1.29 is 4.52 Å². The Labute approximate surface area is 102 Å². The predicted molar refractivity (Wildman–Crippen MR) is 64.3 cm³/mol. The molecule has 0 aliphatic heterocycles. The lowest BCUT2D eigenvalue weighted by atomic mass is 9.86. The van der Waals surface area contributed by atoms with Gasteiger partial charge in [-0.3, -0.25) is 0 Å². The smallest absolute Gasteiger partial charge is 0.226 e. The van der Waals surface area contributed by atoms with E-state index in [-0.39, 0.29) is 0 Å². The van der Waals surface area contributed by atoms with Gasteiger partial charge in [0.15, 0.2) is 5.82 Å². The molecule has 2 bridgehead atoms. The first-order valence-corrected chi connectivity index (χ1v) is 6.87. The lowest BCUT2D eigenvalue weighted by molar-refractivity contribution is 0.287. The van der Waals surface area contributed by atoms with E-state index in [1.165, 1.54) is 25.7 Å². The number of nitrogens with one attached hydrogen (secondary N) is 1. The number of nitrogens with zero attached hydrogens (tertiary/aromatic N) is 2. The monoisotopic (exact) mass is 235 g/mol. The van der Waals surface area contributed by atoms with Gasteiger partial charge in [-0.1, -0.05) is 18.5 Å². The average molecular weight is 235 g/mol. The number of hydrogen-bond acceptors (Lipinski definition) is 4. The molecule has 2 fully saturated rings. The molecule has 2 aliphatic rings. The van der Waals surface area contributed by atoms with Gasteiger partial charge in [-0.2, -0.15) is 4.98 Å². The van der Waals surface area contributed by atoms with Gasteiger partial charge in [0, 0.05) is 6.42 Å². The maximum atomic E-state index is 5.33. The van der Waals surface area contributed by atoms with E-state index in [4.69, 9.17) is 4.52 Å². The first-order valence-electron chi connectivity index (χ1n) is 6.87. The summed E-state index contributed by atoms with van der Waals surface area (Å²) in [6.45, 7) is 3.74. The average Bonchev–Trinajstić information content (AvgIpc) is 3.02. The van der Waals surface area contributed by atoms with Crippen LogP contribution in [-0.2, 0) is 13.0 Å². The van der Waals surface area contributed by atoms with E-state index in [1.807, 2.05) is 0 Å². The fraction of sp³-hybridized carbons (Fsp3) is 0.846. The molecule has 0 radical (unpaired) electrons. The minimum Gasteiger partial charge on any atom is -0.339 e. The molecule has 2 aliphatic carbocycles. The zero-order chi connectivity index (χ0) is 11.7. The highest BCUT2D eigenvalue weighted by Gasteiger charge is 2.39. The van der Waals surface area contributed by atoms with E-state index in [2.05, 4.69) is 22.4 Å². The van der Waals surface area contributed by atoms with Gasteiger partial charge in [-0.15, -0.1) is 0 Å². The SMILES string of the molecule is CCNCc1noc(CC2CC3CCC2C3)n1. The van der Waals surface area contributed by atoms with Crippen molar-refractivity contribution in [1.29, 1.82) is 0 Å². The summed E-state index contributed by atoms with van der Waals surface area (Å²) in [5.74, 6) is 4.37. The molecule has 3 unspecified atom stereocenters. The Morgan fingerprint density at radius 1 is 1.35 bits per heavy atom. The van der Waals surface area contributed by atoms with Crippen LogP contribution in [0.5, 0.6) is 0 Å². The first-order chi connectivity index (χ1) is 8.35. The second-order valence-corrected chi connectivity index (χ2v) is 5.52. The molecule has 4 nitrogen and oxygen atoms in total. The van der Waals surface area contributed by atoms with Gasteiger partial charge in [0.25, 0.3) is 0 Å². The molecule has 4 heteroatoms. The predicted octanol–water partition coefficient (Wildman–Crippen LogP) is 2.16. The number of fused-ring (bicyclic) bond motifs is 2.